The second-order valence-corrected chi connectivity index (χ2v) is 8.84. The highest BCUT2D eigenvalue weighted by Crippen LogP contribution is 2.28. The summed E-state index contributed by atoms with van der Waals surface area (Å²) in [6.07, 6.45) is -2.55. The predicted molar refractivity (Wildman–Crippen MR) is 94.2 cm³/mol. The zero-order valence-electron chi connectivity index (χ0n) is 15.1. The molecule has 28 heavy (non-hydrogen) atoms. The molecule has 2 fully saturated rings. The van der Waals surface area contributed by atoms with Gasteiger partial charge in [0.05, 0.1) is 4.90 Å². The first-order valence-corrected chi connectivity index (χ1v) is 10.5. The van der Waals surface area contributed by atoms with Crippen molar-refractivity contribution in [2.45, 2.75) is 30.5 Å². The Balaban J connectivity index is 1.61. The number of carbonyl (C=O) groups is 1. The molecular weight excluding hydrogens is 399 g/mol. The molecule has 1 atom stereocenters. The number of hydrogen-bond donors (Lipinski definition) is 1. The summed E-state index contributed by atoms with van der Waals surface area (Å²) >= 11 is 0. The first-order chi connectivity index (χ1) is 13.1. The molecule has 7 nitrogen and oxygen atoms in total. The van der Waals surface area contributed by atoms with E-state index in [4.69, 9.17) is 0 Å². The molecule has 0 saturated carbocycles. The molecule has 0 aliphatic carbocycles. The van der Waals surface area contributed by atoms with E-state index in [1.54, 1.807) is 4.90 Å². The van der Waals surface area contributed by atoms with Crippen LogP contribution in [0.15, 0.2) is 29.2 Å². The minimum atomic E-state index is -4.83. The molecule has 1 N–H and O–H groups in total. The summed E-state index contributed by atoms with van der Waals surface area (Å²) in [6.45, 7) is 2.55. The van der Waals surface area contributed by atoms with E-state index < -0.39 is 22.1 Å². The van der Waals surface area contributed by atoms with Gasteiger partial charge in [0.2, 0.25) is 10.0 Å². The molecule has 11 heteroatoms. The molecule has 1 aromatic rings. The molecule has 0 spiro atoms. The number of nitrogens with one attached hydrogen (secondary N) is 1. The lowest BCUT2D eigenvalue weighted by atomic mass is 9.96. The average molecular weight is 421 g/mol. The average Bonchev–Trinajstić information content (AvgIpc) is 3.04. The van der Waals surface area contributed by atoms with Gasteiger partial charge < -0.3 is 15.0 Å². The lowest BCUT2D eigenvalue weighted by Gasteiger charge is -2.32. The van der Waals surface area contributed by atoms with Crippen LogP contribution in [0.5, 0.6) is 5.75 Å². The Morgan fingerprint density at radius 3 is 2.50 bits per heavy atom. The van der Waals surface area contributed by atoms with Crippen molar-refractivity contribution in [2.75, 3.05) is 32.7 Å². The van der Waals surface area contributed by atoms with Crippen LogP contribution in [0.1, 0.15) is 19.3 Å². The fraction of sp³-hybridized carbons (Fsp3) is 0.588. The van der Waals surface area contributed by atoms with Crippen molar-refractivity contribution >= 4 is 16.1 Å². The second kappa shape index (κ2) is 8.16. The summed E-state index contributed by atoms with van der Waals surface area (Å²) in [5.74, 6) is -0.336. The van der Waals surface area contributed by atoms with Gasteiger partial charge in [-0.05, 0) is 49.4 Å². The Labute approximate surface area is 161 Å². The van der Waals surface area contributed by atoms with Crippen molar-refractivity contribution in [1.29, 1.82) is 0 Å². The van der Waals surface area contributed by atoms with E-state index in [-0.39, 0.29) is 16.8 Å². The Bertz CT molecular complexity index is 799. The molecule has 0 bridgehead atoms. The van der Waals surface area contributed by atoms with Gasteiger partial charge in [-0.1, -0.05) is 0 Å². The largest absolute Gasteiger partial charge is 0.573 e. The number of carbonyl (C=O) groups excluding carboxylic acids is 1. The zero-order valence-corrected chi connectivity index (χ0v) is 15.9. The van der Waals surface area contributed by atoms with Crippen molar-refractivity contribution in [3.8, 4) is 5.75 Å². The summed E-state index contributed by atoms with van der Waals surface area (Å²) in [5.41, 5.74) is 0. The molecule has 3 rings (SSSR count). The van der Waals surface area contributed by atoms with Gasteiger partial charge in [0.25, 0.3) is 0 Å². The quantitative estimate of drug-likeness (QED) is 0.765. The van der Waals surface area contributed by atoms with Crippen LogP contribution in [-0.2, 0) is 10.0 Å². The summed E-state index contributed by atoms with van der Waals surface area (Å²) in [6, 6.07) is 4.13. The van der Waals surface area contributed by atoms with Gasteiger partial charge in [-0.3, -0.25) is 0 Å². The Hall–Kier alpha value is -2.01. The highest BCUT2D eigenvalue weighted by atomic mass is 32.2. The van der Waals surface area contributed by atoms with Gasteiger partial charge in [0.15, 0.2) is 0 Å². The Morgan fingerprint density at radius 1 is 1.18 bits per heavy atom. The number of ether oxygens (including phenoxy) is 1. The topological polar surface area (TPSA) is 79.0 Å². The van der Waals surface area contributed by atoms with Crippen LogP contribution >= 0.6 is 0 Å². The van der Waals surface area contributed by atoms with Gasteiger partial charge in [-0.15, -0.1) is 13.2 Å². The number of nitrogens with zero attached hydrogens (tertiary/aromatic N) is 2. The molecule has 1 aromatic carbocycles. The van der Waals surface area contributed by atoms with Crippen LogP contribution in [0.2, 0.25) is 0 Å². The fourth-order valence-corrected chi connectivity index (χ4v) is 5.06. The molecular formula is C17H22F3N3O4S. The number of hydrogen-bond acceptors (Lipinski definition) is 4. The maximum Gasteiger partial charge on any atom is 0.573 e. The molecule has 2 amide bonds. The van der Waals surface area contributed by atoms with Crippen molar-refractivity contribution in [2.24, 2.45) is 5.92 Å². The third-order valence-corrected chi connectivity index (χ3v) is 6.81. The lowest BCUT2D eigenvalue weighted by molar-refractivity contribution is -0.274. The van der Waals surface area contributed by atoms with E-state index in [0.717, 1.165) is 30.7 Å². The normalized spacial score (nSPS) is 21.6. The minimum absolute atomic E-state index is 0.0680. The summed E-state index contributed by atoms with van der Waals surface area (Å²) in [4.78, 5) is 13.2. The lowest BCUT2D eigenvalue weighted by Crippen LogP contribution is -2.41. The number of benzene rings is 1. The number of urea groups is 1. The van der Waals surface area contributed by atoms with Crippen molar-refractivity contribution in [3.05, 3.63) is 24.3 Å². The number of piperidine rings is 1. The van der Waals surface area contributed by atoms with Crippen LogP contribution in [0.25, 0.3) is 0 Å². The zero-order chi connectivity index (χ0) is 20.4. The van der Waals surface area contributed by atoms with Gasteiger partial charge in [-0.2, -0.15) is 4.31 Å². The molecule has 1 unspecified atom stereocenters. The second-order valence-electron chi connectivity index (χ2n) is 6.90. The van der Waals surface area contributed by atoms with Crippen LogP contribution < -0.4 is 10.1 Å². The van der Waals surface area contributed by atoms with Crippen molar-refractivity contribution in [1.82, 2.24) is 14.5 Å². The molecule has 2 heterocycles. The van der Waals surface area contributed by atoms with E-state index >= 15 is 0 Å². The van der Waals surface area contributed by atoms with Crippen molar-refractivity contribution in [3.63, 3.8) is 0 Å². The van der Waals surface area contributed by atoms with Gasteiger partial charge in [-0.25, -0.2) is 13.2 Å². The van der Waals surface area contributed by atoms with E-state index in [9.17, 15) is 26.4 Å². The smallest absolute Gasteiger partial charge is 0.406 e. The molecule has 2 aliphatic heterocycles. The molecule has 0 radical (unpaired) electrons. The van der Waals surface area contributed by atoms with E-state index in [2.05, 4.69) is 10.1 Å². The first kappa shape index (κ1) is 20.7. The summed E-state index contributed by atoms with van der Waals surface area (Å²) < 4.78 is 67.5. The van der Waals surface area contributed by atoms with E-state index in [1.807, 2.05) is 0 Å². The van der Waals surface area contributed by atoms with Gasteiger partial charge >= 0.3 is 12.4 Å². The number of alkyl halides is 3. The maximum absolute atomic E-state index is 12.8. The molecule has 2 saturated heterocycles. The number of rotatable bonds is 6. The Kier molecular flexibility index (Phi) is 6.04. The Morgan fingerprint density at radius 2 is 1.89 bits per heavy atom. The molecule has 0 aromatic heterocycles. The highest BCUT2D eigenvalue weighted by molar-refractivity contribution is 7.89. The summed E-state index contributed by atoms with van der Waals surface area (Å²) in [7, 11) is -3.80. The van der Waals surface area contributed by atoms with Gasteiger partial charge in [0.1, 0.15) is 5.75 Å². The maximum atomic E-state index is 12.8. The first-order valence-electron chi connectivity index (χ1n) is 9.04. The van der Waals surface area contributed by atoms with Crippen LogP contribution in [0.4, 0.5) is 18.0 Å². The predicted octanol–water partition coefficient (Wildman–Crippen LogP) is 2.40. The number of halogens is 3. The van der Waals surface area contributed by atoms with Crippen molar-refractivity contribution < 1.29 is 31.1 Å². The van der Waals surface area contributed by atoms with E-state index in [1.165, 1.54) is 4.31 Å². The minimum Gasteiger partial charge on any atom is -0.406 e. The third kappa shape index (κ3) is 5.07. The van der Waals surface area contributed by atoms with Gasteiger partial charge in [0, 0.05) is 32.7 Å². The third-order valence-electron chi connectivity index (χ3n) is 4.93. The standard InChI is InChI=1S/C17H22F3N3O4S/c18-17(19,20)27-14-3-5-15(6-4-14)28(25,26)23-9-1-2-13(12-23)7-10-22-11-8-21-16(22)24/h3-6,13H,1-2,7-12H2,(H,21,24). The monoisotopic (exact) mass is 421 g/mol. The number of sulfonamides is 1. The summed E-state index contributed by atoms with van der Waals surface area (Å²) in [5, 5.41) is 2.73. The highest BCUT2D eigenvalue weighted by Gasteiger charge is 2.33. The molecule has 2 aliphatic rings. The van der Waals surface area contributed by atoms with Crippen LogP contribution in [0.3, 0.4) is 0 Å². The fourth-order valence-electron chi connectivity index (χ4n) is 3.51. The SMILES string of the molecule is O=C1NCCN1CCC1CCCN(S(=O)(=O)c2ccc(OC(F)(F)F)cc2)C1. The number of amides is 2. The molecule has 156 valence electrons. The van der Waals surface area contributed by atoms with E-state index in [0.29, 0.717) is 45.6 Å². The van der Waals surface area contributed by atoms with Crippen LogP contribution in [0, 0.1) is 5.92 Å². The van der Waals surface area contributed by atoms with Crippen LogP contribution in [-0.4, -0.2) is 62.7 Å².